The molecule has 0 saturated carbocycles. The number of anilines is 1. The molecule has 2 aliphatic heterocycles. The molecule has 2 amide bonds. The number of rotatable bonds is 6. The van der Waals surface area contributed by atoms with Gasteiger partial charge < -0.3 is 15.0 Å². The lowest BCUT2D eigenvalue weighted by atomic mass is 9.86. The third-order valence-corrected chi connectivity index (χ3v) is 8.33. The second kappa shape index (κ2) is 10.9. The number of benzene rings is 2. The van der Waals surface area contributed by atoms with Gasteiger partial charge in [0.25, 0.3) is 5.91 Å². The first kappa shape index (κ1) is 30.8. The summed E-state index contributed by atoms with van der Waals surface area (Å²) in [5.41, 5.74) is -4.81. The monoisotopic (exact) mass is 607 g/mol. The second-order valence-corrected chi connectivity index (χ2v) is 12.0. The summed E-state index contributed by atoms with van der Waals surface area (Å²) >= 11 is 0. The van der Waals surface area contributed by atoms with Gasteiger partial charge in [0.05, 0.1) is 4.90 Å². The van der Waals surface area contributed by atoms with Crippen LogP contribution in [0.15, 0.2) is 47.4 Å². The van der Waals surface area contributed by atoms with Crippen molar-refractivity contribution in [2.45, 2.75) is 61.2 Å². The Morgan fingerprint density at radius 1 is 0.951 bits per heavy atom. The maximum absolute atomic E-state index is 14.2. The van der Waals surface area contributed by atoms with Gasteiger partial charge in [-0.3, -0.25) is 14.9 Å². The van der Waals surface area contributed by atoms with Crippen molar-refractivity contribution in [1.82, 2.24) is 10.2 Å². The normalized spacial score (nSPS) is 18.7. The van der Waals surface area contributed by atoms with E-state index in [2.05, 4.69) is 5.32 Å². The van der Waals surface area contributed by atoms with Crippen molar-refractivity contribution in [2.75, 3.05) is 24.8 Å². The Balaban J connectivity index is 1.64. The minimum absolute atomic E-state index is 0.0106. The number of fused-ring (bicyclic) bond motifs is 1. The number of sulfone groups is 1. The van der Waals surface area contributed by atoms with Crippen molar-refractivity contribution in [1.29, 1.82) is 0 Å². The lowest BCUT2D eigenvalue weighted by Gasteiger charge is -2.42. The molecule has 0 aromatic heterocycles. The SMILES string of the molecule is CC(=O)N1Cc2cc(S(C)(=O)=O)ccc2C1C(=O)Nc1ccc(C(NC2CCOCC2)(C(F)(F)F)C(F)(F)F)cc1. The number of alkyl halides is 6. The van der Waals surface area contributed by atoms with Crippen LogP contribution in [0.5, 0.6) is 0 Å². The molecule has 2 aromatic carbocycles. The molecule has 0 aliphatic carbocycles. The molecule has 2 aromatic rings. The predicted octanol–water partition coefficient (Wildman–Crippen LogP) is 4.22. The highest BCUT2D eigenvalue weighted by Crippen LogP contribution is 2.51. The van der Waals surface area contributed by atoms with Gasteiger partial charge in [-0.25, -0.2) is 8.42 Å². The average molecular weight is 608 g/mol. The van der Waals surface area contributed by atoms with E-state index in [1.54, 1.807) is 0 Å². The van der Waals surface area contributed by atoms with Gasteiger partial charge in [0.15, 0.2) is 9.84 Å². The average Bonchev–Trinajstić information content (AvgIpc) is 3.26. The van der Waals surface area contributed by atoms with Crippen LogP contribution in [-0.2, 0) is 36.2 Å². The fourth-order valence-corrected chi connectivity index (χ4v) is 5.80. The molecular formula is C26H27F6N3O5S. The van der Waals surface area contributed by atoms with Gasteiger partial charge in [-0.2, -0.15) is 26.3 Å². The largest absolute Gasteiger partial charge is 0.419 e. The van der Waals surface area contributed by atoms with E-state index in [1.807, 2.05) is 5.32 Å². The standard InChI is InChI=1S/C26H27F6N3O5S/c1-15(36)35-14-16-13-20(41(2,38)39)7-8-21(16)22(35)23(37)33-18-5-3-17(4-6-18)24(25(27,28)29,26(30,31)32)34-19-9-11-40-12-10-19/h3-8,13,19,22,34H,9-12,14H2,1-2H3,(H,33,37). The number of nitrogens with one attached hydrogen (secondary N) is 2. The van der Waals surface area contributed by atoms with Crippen LogP contribution in [0.1, 0.15) is 42.5 Å². The van der Waals surface area contributed by atoms with Crippen LogP contribution in [0.2, 0.25) is 0 Å². The number of hydrogen-bond donors (Lipinski definition) is 2. The van der Waals surface area contributed by atoms with Gasteiger partial charge in [0.1, 0.15) is 6.04 Å². The number of carbonyl (C=O) groups is 2. The third-order valence-electron chi connectivity index (χ3n) is 7.22. The van der Waals surface area contributed by atoms with Gasteiger partial charge in [-0.05, 0) is 53.8 Å². The molecule has 0 spiro atoms. The molecule has 1 fully saturated rings. The molecule has 2 heterocycles. The van der Waals surface area contributed by atoms with E-state index in [0.717, 1.165) is 18.4 Å². The summed E-state index contributed by atoms with van der Waals surface area (Å²) in [6, 6.07) is 4.86. The number of carbonyl (C=O) groups excluding carboxylic acids is 2. The van der Waals surface area contributed by atoms with Crippen molar-refractivity contribution in [3.63, 3.8) is 0 Å². The topological polar surface area (TPSA) is 105 Å². The van der Waals surface area contributed by atoms with E-state index in [0.29, 0.717) is 23.3 Å². The van der Waals surface area contributed by atoms with E-state index >= 15 is 0 Å². The first-order valence-electron chi connectivity index (χ1n) is 12.5. The van der Waals surface area contributed by atoms with E-state index < -0.39 is 57.2 Å². The van der Waals surface area contributed by atoms with Crippen molar-refractivity contribution in [3.05, 3.63) is 59.2 Å². The van der Waals surface area contributed by atoms with Crippen LogP contribution in [0.3, 0.4) is 0 Å². The highest BCUT2D eigenvalue weighted by atomic mass is 32.2. The quantitative estimate of drug-likeness (QED) is 0.477. The molecule has 0 radical (unpaired) electrons. The van der Waals surface area contributed by atoms with Crippen molar-refractivity contribution < 1.29 is 49.1 Å². The zero-order chi connectivity index (χ0) is 30.4. The molecule has 1 atom stereocenters. The fraction of sp³-hybridized carbons (Fsp3) is 0.462. The minimum Gasteiger partial charge on any atom is -0.381 e. The molecule has 1 saturated heterocycles. The Bertz CT molecular complexity index is 1410. The van der Waals surface area contributed by atoms with Crippen molar-refractivity contribution in [3.8, 4) is 0 Å². The highest BCUT2D eigenvalue weighted by molar-refractivity contribution is 7.90. The predicted molar refractivity (Wildman–Crippen MR) is 134 cm³/mol. The Morgan fingerprint density at radius 3 is 2.05 bits per heavy atom. The maximum atomic E-state index is 14.2. The lowest BCUT2D eigenvalue weighted by Crippen LogP contribution is -2.66. The van der Waals surface area contributed by atoms with E-state index in [9.17, 15) is 44.3 Å². The molecule has 8 nitrogen and oxygen atoms in total. The Labute approximate surface area is 232 Å². The molecule has 41 heavy (non-hydrogen) atoms. The first-order chi connectivity index (χ1) is 19.0. The first-order valence-corrected chi connectivity index (χ1v) is 14.4. The van der Waals surface area contributed by atoms with Crippen LogP contribution < -0.4 is 10.6 Å². The van der Waals surface area contributed by atoms with Crippen LogP contribution in [0, 0.1) is 0 Å². The molecular weight excluding hydrogens is 580 g/mol. The zero-order valence-corrected chi connectivity index (χ0v) is 22.7. The number of halogens is 6. The number of amides is 2. The van der Waals surface area contributed by atoms with Crippen LogP contribution in [-0.4, -0.2) is 63.0 Å². The van der Waals surface area contributed by atoms with Gasteiger partial charge in [-0.15, -0.1) is 0 Å². The number of ether oxygens (including phenoxy) is 1. The molecule has 1 unspecified atom stereocenters. The minimum atomic E-state index is -5.76. The number of hydrogen-bond acceptors (Lipinski definition) is 6. The molecule has 0 bridgehead atoms. The van der Waals surface area contributed by atoms with Gasteiger partial charge in [0, 0.05) is 44.7 Å². The van der Waals surface area contributed by atoms with E-state index in [4.69, 9.17) is 4.74 Å². The smallest absolute Gasteiger partial charge is 0.381 e. The Kier molecular flexibility index (Phi) is 8.19. The lowest BCUT2D eigenvalue weighted by molar-refractivity contribution is -0.317. The fourth-order valence-electron chi connectivity index (χ4n) is 5.13. The van der Waals surface area contributed by atoms with Gasteiger partial charge in [-0.1, -0.05) is 18.2 Å². The van der Waals surface area contributed by atoms with E-state index in [-0.39, 0.29) is 43.2 Å². The maximum Gasteiger partial charge on any atom is 0.419 e. The second-order valence-electron chi connectivity index (χ2n) is 10.0. The third kappa shape index (κ3) is 5.93. The summed E-state index contributed by atoms with van der Waals surface area (Å²) in [6.07, 6.45) is -10.6. The molecule has 4 rings (SSSR count). The Morgan fingerprint density at radius 2 is 1.54 bits per heavy atom. The molecule has 2 N–H and O–H groups in total. The Hall–Kier alpha value is -3.17. The highest BCUT2D eigenvalue weighted by Gasteiger charge is 2.72. The summed E-state index contributed by atoms with van der Waals surface area (Å²) in [5, 5.41) is 4.25. The summed E-state index contributed by atoms with van der Waals surface area (Å²) in [7, 11) is -3.57. The van der Waals surface area contributed by atoms with Gasteiger partial charge >= 0.3 is 12.4 Å². The molecule has 2 aliphatic rings. The summed E-state index contributed by atoms with van der Waals surface area (Å²) < 4.78 is 114. The summed E-state index contributed by atoms with van der Waals surface area (Å²) in [5.74, 6) is -1.28. The van der Waals surface area contributed by atoms with E-state index in [1.165, 1.54) is 30.0 Å². The zero-order valence-electron chi connectivity index (χ0n) is 21.9. The van der Waals surface area contributed by atoms with Crippen molar-refractivity contribution >= 4 is 27.3 Å². The van der Waals surface area contributed by atoms with Crippen molar-refractivity contribution in [2.24, 2.45) is 0 Å². The summed E-state index contributed by atoms with van der Waals surface area (Å²) in [6.45, 7) is 1.18. The van der Waals surface area contributed by atoms with Gasteiger partial charge in [0.2, 0.25) is 11.4 Å². The van der Waals surface area contributed by atoms with Crippen LogP contribution >= 0.6 is 0 Å². The van der Waals surface area contributed by atoms with Crippen LogP contribution in [0.4, 0.5) is 32.0 Å². The number of nitrogens with zero attached hydrogens (tertiary/aromatic N) is 1. The molecule has 224 valence electrons. The summed E-state index contributed by atoms with van der Waals surface area (Å²) in [4.78, 5) is 26.7. The van der Waals surface area contributed by atoms with Crippen LogP contribution in [0.25, 0.3) is 0 Å². The molecule has 15 heteroatoms.